The first-order valence-electron chi connectivity index (χ1n) is 7.66. The molecule has 0 amide bonds. The molecule has 0 saturated heterocycles. The van der Waals surface area contributed by atoms with Crippen LogP contribution in [0.5, 0.6) is 0 Å². The molecule has 4 aromatic rings. The van der Waals surface area contributed by atoms with Crippen LogP contribution in [0.1, 0.15) is 21.9 Å². The molecule has 130 valence electrons. The summed E-state index contributed by atoms with van der Waals surface area (Å²) in [5, 5.41) is 8.66. The van der Waals surface area contributed by atoms with Crippen molar-refractivity contribution in [1.29, 1.82) is 0 Å². The lowest BCUT2D eigenvalue weighted by Crippen LogP contribution is -2.18. The second kappa shape index (κ2) is 6.19. The number of thiazole rings is 1. The number of nitrogens with one attached hydrogen (secondary N) is 1. The van der Waals surface area contributed by atoms with Gasteiger partial charge in [0, 0.05) is 22.5 Å². The van der Waals surface area contributed by atoms with Gasteiger partial charge in [-0.25, -0.2) is 14.9 Å². The number of aromatic nitrogens is 4. The molecular weight excluding hydrogens is 356 g/mol. The number of ether oxygens (including phenoxy) is 1. The maximum atomic E-state index is 12.4. The molecule has 26 heavy (non-hydrogen) atoms. The highest BCUT2D eigenvalue weighted by Crippen LogP contribution is 2.15. The zero-order valence-corrected chi connectivity index (χ0v) is 14.4. The van der Waals surface area contributed by atoms with E-state index in [2.05, 4.69) is 15.2 Å². The third kappa shape index (κ3) is 2.68. The number of benzene rings is 1. The molecule has 0 fully saturated rings. The van der Waals surface area contributed by atoms with Crippen LogP contribution in [-0.2, 0) is 11.3 Å². The van der Waals surface area contributed by atoms with Gasteiger partial charge in [-0.1, -0.05) is 18.2 Å². The molecule has 0 aliphatic rings. The molecule has 9 heteroatoms. The van der Waals surface area contributed by atoms with E-state index < -0.39 is 5.97 Å². The molecule has 0 unspecified atom stereocenters. The van der Waals surface area contributed by atoms with Crippen LogP contribution >= 0.6 is 11.3 Å². The Morgan fingerprint density at radius 1 is 1.27 bits per heavy atom. The van der Waals surface area contributed by atoms with E-state index in [1.807, 2.05) is 12.3 Å². The summed E-state index contributed by atoms with van der Waals surface area (Å²) >= 11 is 1.34. The summed E-state index contributed by atoms with van der Waals surface area (Å²) < 4.78 is 6.74. The Balaban J connectivity index is 1.63. The third-order valence-corrected chi connectivity index (χ3v) is 4.81. The van der Waals surface area contributed by atoms with Crippen LogP contribution in [0.2, 0.25) is 0 Å². The summed E-state index contributed by atoms with van der Waals surface area (Å²) in [6.45, 7) is 1.65. The molecule has 4 rings (SSSR count). The Hall–Kier alpha value is -3.33. The number of nitrogens with zero attached hydrogens (tertiary/aromatic N) is 3. The van der Waals surface area contributed by atoms with Crippen LogP contribution in [0.25, 0.3) is 15.7 Å². The molecule has 0 saturated carbocycles. The summed E-state index contributed by atoms with van der Waals surface area (Å²) in [5.41, 5.74) is 0.539. The largest absolute Gasteiger partial charge is 0.454 e. The Morgan fingerprint density at radius 2 is 2.04 bits per heavy atom. The standard InChI is InChI=1S/C17H12N4O4S/c1-9-8-26-17-18-10(6-13(22)21(9)17)7-25-16(24)14-11-4-2-3-5-12(11)15(23)20-19-14/h2-6,8H,7H2,1H3,(H,20,23). The van der Waals surface area contributed by atoms with Crippen LogP contribution in [-0.4, -0.2) is 25.6 Å². The minimum absolute atomic E-state index is 0.00460. The van der Waals surface area contributed by atoms with Crippen LogP contribution in [0.3, 0.4) is 0 Å². The summed E-state index contributed by atoms with van der Waals surface area (Å²) in [6.07, 6.45) is 0. The third-order valence-electron chi connectivity index (χ3n) is 3.87. The molecule has 3 heterocycles. The lowest BCUT2D eigenvalue weighted by Gasteiger charge is -2.06. The number of esters is 1. The fourth-order valence-electron chi connectivity index (χ4n) is 2.65. The van der Waals surface area contributed by atoms with Gasteiger partial charge in [0.05, 0.1) is 11.1 Å². The topological polar surface area (TPSA) is 106 Å². The van der Waals surface area contributed by atoms with Gasteiger partial charge in [-0.05, 0) is 13.0 Å². The number of H-pyrrole nitrogens is 1. The van der Waals surface area contributed by atoms with E-state index in [0.29, 0.717) is 21.4 Å². The average Bonchev–Trinajstić information content (AvgIpc) is 3.02. The maximum absolute atomic E-state index is 12.4. The van der Waals surface area contributed by atoms with Crippen molar-refractivity contribution in [2.45, 2.75) is 13.5 Å². The fraction of sp³-hybridized carbons (Fsp3) is 0.118. The first-order valence-corrected chi connectivity index (χ1v) is 8.54. The summed E-state index contributed by atoms with van der Waals surface area (Å²) in [7, 11) is 0. The zero-order chi connectivity index (χ0) is 18.3. The minimum Gasteiger partial charge on any atom is -0.454 e. The number of fused-ring (bicyclic) bond motifs is 2. The Morgan fingerprint density at radius 3 is 2.85 bits per heavy atom. The van der Waals surface area contributed by atoms with E-state index in [9.17, 15) is 14.4 Å². The van der Waals surface area contributed by atoms with E-state index in [-0.39, 0.29) is 23.4 Å². The van der Waals surface area contributed by atoms with Crippen molar-refractivity contribution in [3.8, 4) is 0 Å². The second-order valence-electron chi connectivity index (χ2n) is 5.60. The predicted molar refractivity (Wildman–Crippen MR) is 95.6 cm³/mol. The van der Waals surface area contributed by atoms with Gasteiger partial charge in [0.15, 0.2) is 10.7 Å². The normalized spacial score (nSPS) is 11.1. The van der Waals surface area contributed by atoms with Crippen molar-refractivity contribution in [2.24, 2.45) is 0 Å². The first kappa shape index (κ1) is 16.2. The van der Waals surface area contributed by atoms with Crippen molar-refractivity contribution < 1.29 is 9.53 Å². The second-order valence-corrected chi connectivity index (χ2v) is 6.44. The van der Waals surface area contributed by atoms with Crippen LogP contribution in [0, 0.1) is 6.92 Å². The van der Waals surface area contributed by atoms with E-state index >= 15 is 0 Å². The highest BCUT2D eigenvalue weighted by molar-refractivity contribution is 7.15. The highest BCUT2D eigenvalue weighted by atomic mass is 32.1. The zero-order valence-electron chi connectivity index (χ0n) is 13.6. The maximum Gasteiger partial charge on any atom is 0.359 e. The van der Waals surface area contributed by atoms with Gasteiger partial charge in [-0.15, -0.1) is 11.3 Å². The van der Waals surface area contributed by atoms with Gasteiger partial charge < -0.3 is 4.74 Å². The molecule has 1 aromatic carbocycles. The molecule has 0 bridgehead atoms. The van der Waals surface area contributed by atoms with Crippen molar-refractivity contribution in [2.75, 3.05) is 0 Å². The Labute approximate surface area is 149 Å². The van der Waals surface area contributed by atoms with Gasteiger partial charge in [0.25, 0.3) is 11.1 Å². The van der Waals surface area contributed by atoms with Crippen LogP contribution < -0.4 is 11.1 Å². The first-order chi connectivity index (χ1) is 12.5. The van der Waals surface area contributed by atoms with Crippen LogP contribution in [0.15, 0.2) is 45.3 Å². The summed E-state index contributed by atoms with van der Waals surface area (Å²) in [5.74, 6) is -0.707. The molecule has 1 N–H and O–H groups in total. The van der Waals surface area contributed by atoms with E-state index in [1.165, 1.54) is 21.8 Å². The summed E-state index contributed by atoms with van der Waals surface area (Å²) in [6, 6.07) is 7.96. The lowest BCUT2D eigenvalue weighted by atomic mass is 10.1. The van der Waals surface area contributed by atoms with E-state index in [1.54, 1.807) is 24.3 Å². The number of aromatic amines is 1. The van der Waals surface area contributed by atoms with Crippen LogP contribution in [0.4, 0.5) is 0 Å². The molecule has 0 atom stereocenters. The molecular formula is C17H12N4O4S. The minimum atomic E-state index is -0.707. The highest BCUT2D eigenvalue weighted by Gasteiger charge is 2.16. The van der Waals surface area contributed by atoms with Gasteiger partial charge >= 0.3 is 5.97 Å². The fourth-order valence-corrected chi connectivity index (χ4v) is 3.54. The average molecular weight is 368 g/mol. The van der Waals surface area contributed by atoms with Crippen molar-refractivity contribution in [3.05, 3.63) is 73.5 Å². The lowest BCUT2D eigenvalue weighted by molar-refractivity contribution is 0.0462. The van der Waals surface area contributed by atoms with Gasteiger partial charge in [0.2, 0.25) is 0 Å². The number of rotatable bonds is 3. The quantitative estimate of drug-likeness (QED) is 0.551. The molecule has 0 radical (unpaired) electrons. The monoisotopic (exact) mass is 368 g/mol. The Bertz CT molecular complexity index is 1270. The number of aryl methyl sites for hydroxylation is 1. The molecule has 8 nitrogen and oxygen atoms in total. The predicted octanol–water partition coefficient (Wildman–Crippen LogP) is 1.66. The van der Waals surface area contributed by atoms with Crippen molar-refractivity contribution in [3.63, 3.8) is 0 Å². The number of hydrogen-bond acceptors (Lipinski definition) is 7. The summed E-state index contributed by atoms with van der Waals surface area (Å²) in [4.78, 5) is 41.2. The SMILES string of the molecule is Cc1csc2nc(COC(=O)c3n[nH]c(=O)c4ccccc34)cc(=O)n12. The molecule has 0 aliphatic carbocycles. The van der Waals surface area contributed by atoms with Gasteiger partial charge in [-0.2, -0.15) is 5.10 Å². The van der Waals surface area contributed by atoms with Crippen molar-refractivity contribution >= 4 is 33.0 Å². The van der Waals surface area contributed by atoms with E-state index in [0.717, 1.165) is 5.69 Å². The molecule has 3 aromatic heterocycles. The number of hydrogen-bond donors (Lipinski definition) is 1. The smallest absolute Gasteiger partial charge is 0.359 e. The van der Waals surface area contributed by atoms with Gasteiger partial charge in [-0.3, -0.25) is 14.0 Å². The molecule has 0 spiro atoms. The number of carbonyl (C=O) groups is 1. The number of carbonyl (C=O) groups excluding carboxylic acids is 1. The Kier molecular flexibility index (Phi) is 3.85. The van der Waals surface area contributed by atoms with Gasteiger partial charge in [0.1, 0.15) is 6.61 Å². The van der Waals surface area contributed by atoms with Crippen molar-refractivity contribution in [1.82, 2.24) is 19.6 Å². The molecule has 0 aliphatic heterocycles. The van der Waals surface area contributed by atoms with E-state index in [4.69, 9.17) is 4.74 Å².